The van der Waals surface area contributed by atoms with Crippen LogP contribution >= 0.6 is 23.2 Å². The zero-order valence-electron chi connectivity index (χ0n) is 12.5. The summed E-state index contributed by atoms with van der Waals surface area (Å²) in [5.74, 6) is -0.480. The Morgan fingerprint density at radius 2 is 1.74 bits per heavy atom. The molecule has 2 rings (SSSR count). The van der Waals surface area contributed by atoms with Crippen molar-refractivity contribution in [3.05, 3.63) is 51.3 Å². The largest absolute Gasteiger partial charge is 0.484 e. The summed E-state index contributed by atoms with van der Waals surface area (Å²) >= 11 is 11.4. The molecular weight excluding hydrogens is 341 g/mol. The van der Waals surface area contributed by atoms with Crippen molar-refractivity contribution in [2.24, 2.45) is 0 Å². The minimum Gasteiger partial charge on any atom is -0.484 e. The van der Waals surface area contributed by atoms with Crippen LogP contribution in [-0.2, 0) is 4.79 Å². The molecule has 8 heteroatoms. The quantitative estimate of drug-likeness (QED) is 0.737. The highest BCUT2D eigenvalue weighted by atomic mass is 35.5. The lowest BCUT2D eigenvalue weighted by molar-refractivity contribution is -0.123. The number of benzene rings is 1. The Morgan fingerprint density at radius 3 is 2.30 bits per heavy atom. The minimum atomic E-state index is -0.571. The second kappa shape index (κ2) is 7.39. The summed E-state index contributed by atoms with van der Waals surface area (Å²) in [4.78, 5) is 26.0. The van der Waals surface area contributed by atoms with E-state index in [4.69, 9.17) is 27.9 Å². The van der Waals surface area contributed by atoms with Crippen LogP contribution < -0.4 is 15.6 Å². The molecule has 0 bridgehead atoms. The van der Waals surface area contributed by atoms with Gasteiger partial charge in [0.1, 0.15) is 16.6 Å². The third-order valence-corrected chi connectivity index (χ3v) is 3.54. The predicted octanol–water partition coefficient (Wildman–Crippen LogP) is 2.78. The number of aromatic nitrogens is 1. The van der Waals surface area contributed by atoms with E-state index in [1.165, 1.54) is 6.07 Å². The Bertz CT molecular complexity index is 704. The first-order chi connectivity index (χ1) is 10.8. The van der Waals surface area contributed by atoms with Crippen molar-refractivity contribution in [2.75, 3.05) is 6.61 Å². The molecule has 0 aliphatic carbocycles. The second-order valence-electron chi connectivity index (χ2n) is 4.96. The SMILES string of the molecule is Cc1cc(C)cc(OCC(=O)NNC(=O)c2cc(Cl)c(Cl)[nH]2)c1. The highest BCUT2D eigenvalue weighted by molar-refractivity contribution is 6.41. The number of hydrazine groups is 1. The summed E-state index contributed by atoms with van der Waals surface area (Å²) in [6.07, 6.45) is 0. The molecule has 1 aromatic heterocycles. The van der Waals surface area contributed by atoms with E-state index in [1.54, 1.807) is 0 Å². The summed E-state index contributed by atoms with van der Waals surface area (Å²) in [5.41, 5.74) is 6.68. The molecule has 23 heavy (non-hydrogen) atoms. The van der Waals surface area contributed by atoms with Crippen LogP contribution in [0, 0.1) is 13.8 Å². The lowest BCUT2D eigenvalue weighted by Gasteiger charge is -2.09. The molecule has 0 aliphatic heterocycles. The Labute approximate surface area is 143 Å². The number of aromatic amines is 1. The zero-order chi connectivity index (χ0) is 17.0. The lowest BCUT2D eigenvalue weighted by Crippen LogP contribution is -2.43. The Balaban J connectivity index is 1.82. The maximum Gasteiger partial charge on any atom is 0.286 e. The van der Waals surface area contributed by atoms with Crippen molar-refractivity contribution in [1.82, 2.24) is 15.8 Å². The van der Waals surface area contributed by atoms with Gasteiger partial charge < -0.3 is 9.72 Å². The van der Waals surface area contributed by atoms with Crippen molar-refractivity contribution in [1.29, 1.82) is 0 Å². The van der Waals surface area contributed by atoms with Crippen molar-refractivity contribution in [2.45, 2.75) is 13.8 Å². The van der Waals surface area contributed by atoms with Gasteiger partial charge in [0.15, 0.2) is 6.61 Å². The predicted molar refractivity (Wildman–Crippen MR) is 87.8 cm³/mol. The van der Waals surface area contributed by atoms with Crippen LogP contribution in [0.15, 0.2) is 24.3 Å². The lowest BCUT2D eigenvalue weighted by atomic mass is 10.1. The van der Waals surface area contributed by atoms with Crippen LogP contribution in [0.5, 0.6) is 5.75 Å². The number of aryl methyl sites for hydroxylation is 2. The third-order valence-electron chi connectivity index (χ3n) is 2.85. The molecule has 2 amide bonds. The Morgan fingerprint density at radius 1 is 1.09 bits per heavy atom. The molecule has 0 radical (unpaired) electrons. The highest BCUT2D eigenvalue weighted by Crippen LogP contribution is 2.21. The Hall–Kier alpha value is -2.18. The molecule has 0 saturated heterocycles. The number of hydrogen-bond donors (Lipinski definition) is 3. The van der Waals surface area contributed by atoms with Crippen LogP contribution in [0.25, 0.3) is 0 Å². The van der Waals surface area contributed by atoms with Crippen LogP contribution in [0.3, 0.4) is 0 Å². The first-order valence-corrected chi connectivity index (χ1v) is 7.45. The fraction of sp³-hybridized carbons (Fsp3) is 0.200. The Kier molecular flexibility index (Phi) is 5.52. The summed E-state index contributed by atoms with van der Waals surface area (Å²) < 4.78 is 5.38. The number of H-pyrrole nitrogens is 1. The summed E-state index contributed by atoms with van der Waals surface area (Å²) in [6.45, 7) is 3.65. The van der Waals surface area contributed by atoms with Gasteiger partial charge in [-0.15, -0.1) is 0 Å². The number of carbonyl (C=O) groups is 2. The van der Waals surface area contributed by atoms with E-state index in [-0.39, 0.29) is 22.5 Å². The summed E-state index contributed by atoms with van der Waals surface area (Å²) in [6, 6.07) is 7.00. The molecule has 0 unspecified atom stereocenters. The molecule has 1 heterocycles. The van der Waals surface area contributed by atoms with E-state index in [1.807, 2.05) is 32.0 Å². The van der Waals surface area contributed by atoms with Crippen molar-refractivity contribution >= 4 is 35.0 Å². The van der Waals surface area contributed by atoms with Gasteiger partial charge in [0.2, 0.25) is 0 Å². The molecule has 122 valence electrons. The van der Waals surface area contributed by atoms with Gasteiger partial charge in [0.05, 0.1) is 5.02 Å². The van der Waals surface area contributed by atoms with Gasteiger partial charge in [-0.25, -0.2) is 0 Å². The van der Waals surface area contributed by atoms with Crippen LogP contribution in [0.4, 0.5) is 0 Å². The molecule has 3 N–H and O–H groups in total. The second-order valence-corrected chi connectivity index (χ2v) is 5.74. The van der Waals surface area contributed by atoms with E-state index >= 15 is 0 Å². The molecule has 6 nitrogen and oxygen atoms in total. The third kappa shape index (κ3) is 4.91. The van der Waals surface area contributed by atoms with Gasteiger partial charge in [0.25, 0.3) is 11.8 Å². The topological polar surface area (TPSA) is 83.2 Å². The van der Waals surface area contributed by atoms with E-state index < -0.39 is 11.8 Å². The van der Waals surface area contributed by atoms with Gasteiger partial charge in [-0.1, -0.05) is 29.3 Å². The van der Waals surface area contributed by atoms with Crippen LogP contribution in [0.1, 0.15) is 21.6 Å². The number of halogens is 2. The zero-order valence-corrected chi connectivity index (χ0v) is 14.0. The van der Waals surface area contributed by atoms with Crippen LogP contribution in [0.2, 0.25) is 10.2 Å². The molecule has 0 aliphatic rings. The number of ether oxygens (including phenoxy) is 1. The average molecular weight is 356 g/mol. The molecule has 0 atom stereocenters. The average Bonchev–Trinajstić information content (AvgIpc) is 2.81. The fourth-order valence-electron chi connectivity index (χ4n) is 1.92. The molecular formula is C15H15Cl2N3O3. The standard InChI is InChI=1S/C15H15Cl2N3O3/c1-8-3-9(2)5-10(4-8)23-7-13(21)19-20-15(22)12-6-11(16)14(17)18-12/h3-6,18H,7H2,1-2H3,(H,19,21)(H,20,22). The first kappa shape index (κ1) is 17.2. The first-order valence-electron chi connectivity index (χ1n) is 6.69. The van der Waals surface area contributed by atoms with Gasteiger partial charge in [-0.2, -0.15) is 0 Å². The van der Waals surface area contributed by atoms with Crippen molar-refractivity contribution in [3.63, 3.8) is 0 Å². The number of hydrogen-bond acceptors (Lipinski definition) is 3. The summed E-state index contributed by atoms with van der Waals surface area (Å²) in [5, 5.41) is 0.377. The fourth-order valence-corrected chi connectivity index (χ4v) is 2.23. The number of nitrogens with one attached hydrogen (secondary N) is 3. The molecule has 0 spiro atoms. The maximum absolute atomic E-state index is 11.8. The maximum atomic E-state index is 11.8. The van der Waals surface area contributed by atoms with E-state index in [0.29, 0.717) is 5.75 Å². The molecule has 1 aromatic carbocycles. The van der Waals surface area contributed by atoms with E-state index in [0.717, 1.165) is 11.1 Å². The van der Waals surface area contributed by atoms with E-state index in [2.05, 4.69) is 15.8 Å². The smallest absolute Gasteiger partial charge is 0.286 e. The summed E-state index contributed by atoms with van der Waals surface area (Å²) in [7, 11) is 0. The van der Waals surface area contributed by atoms with Crippen LogP contribution in [-0.4, -0.2) is 23.4 Å². The number of carbonyl (C=O) groups excluding carboxylic acids is 2. The minimum absolute atomic E-state index is 0.135. The normalized spacial score (nSPS) is 10.3. The van der Waals surface area contributed by atoms with Gasteiger partial charge in [0, 0.05) is 0 Å². The highest BCUT2D eigenvalue weighted by Gasteiger charge is 2.12. The number of amides is 2. The van der Waals surface area contributed by atoms with Crippen molar-refractivity contribution < 1.29 is 14.3 Å². The molecule has 2 aromatic rings. The van der Waals surface area contributed by atoms with Gasteiger partial charge in [-0.05, 0) is 43.2 Å². The van der Waals surface area contributed by atoms with Gasteiger partial charge >= 0.3 is 0 Å². The molecule has 0 saturated carbocycles. The number of rotatable bonds is 4. The van der Waals surface area contributed by atoms with Crippen molar-refractivity contribution in [3.8, 4) is 5.75 Å². The van der Waals surface area contributed by atoms with Gasteiger partial charge in [-0.3, -0.25) is 20.4 Å². The molecule has 0 fully saturated rings. The van der Waals surface area contributed by atoms with E-state index in [9.17, 15) is 9.59 Å². The monoisotopic (exact) mass is 355 g/mol.